The molecule has 0 aromatic carbocycles. The van der Waals surface area contributed by atoms with Crippen molar-refractivity contribution in [3.05, 3.63) is 0 Å². The molecule has 270 valence electrons. The van der Waals surface area contributed by atoms with E-state index in [1.54, 1.807) is 6.92 Å². The Morgan fingerprint density at radius 1 is 0.578 bits per heavy atom. The molecule has 45 heavy (non-hydrogen) atoms. The predicted octanol–water partition coefficient (Wildman–Crippen LogP) is 4.69. The fourth-order valence-corrected chi connectivity index (χ4v) is 5.44. The van der Waals surface area contributed by atoms with Crippen LogP contribution in [0.4, 0.5) is 0 Å². The Kier molecular flexibility index (Phi) is 29.9. The van der Waals surface area contributed by atoms with Crippen LogP contribution in [0.2, 0.25) is 0 Å². The van der Waals surface area contributed by atoms with Gasteiger partial charge in [0, 0.05) is 6.61 Å². The lowest BCUT2D eigenvalue weighted by Gasteiger charge is -2.22. The molecule has 0 fully saturated rings. The summed E-state index contributed by atoms with van der Waals surface area (Å²) in [4.78, 5) is 12.1. The number of carbonyl (C=O) groups is 1. The number of hydrogen-bond donors (Lipinski definition) is 7. The molecular formula is C35H70O10. The molecule has 10 heteroatoms. The van der Waals surface area contributed by atoms with Gasteiger partial charge in [0.15, 0.2) is 0 Å². The minimum atomic E-state index is -1.04. The highest BCUT2D eigenvalue weighted by atomic mass is 16.5. The van der Waals surface area contributed by atoms with Crippen LogP contribution >= 0.6 is 0 Å². The lowest BCUT2D eigenvalue weighted by atomic mass is 9.98. The van der Waals surface area contributed by atoms with E-state index >= 15 is 0 Å². The largest absolute Gasteiger partial charge is 0.462 e. The van der Waals surface area contributed by atoms with Gasteiger partial charge in [-0.1, -0.05) is 90.4 Å². The number of unbranched alkanes of at least 4 members (excludes halogenated alkanes) is 13. The molecule has 0 rings (SSSR count). The van der Waals surface area contributed by atoms with Gasteiger partial charge in [0.2, 0.25) is 0 Å². The predicted molar refractivity (Wildman–Crippen MR) is 177 cm³/mol. The molecule has 0 bridgehead atoms. The van der Waals surface area contributed by atoms with E-state index in [-0.39, 0.29) is 51.0 Å². The van der Waals surface area contributed by atoms with Gasteiger partial charge in [-0.15, -0.1) is 0 Å². The van der Waals surface area contributed by atoms with Crippen LogP contribution in [0.25, 0.3) is 0 Å². The molecule has 0 aliphatic heterocycles. The van der Waals surface area contributed by atoms with Gasteiger partial charge in [-0.2, -0.15) is 0 Å². The maximum absolute atomic E-state index is 12.1. The molecule has 7 atom stereocenters. The van der Waals surface area contributed by atoms with Gasteiger partial charge in [-0.25, -0.2) is 0 Å². The van der Waals surface area contributed by atoms with Crippen molar-refractivity contribution in [1.82, 2.24) is 0 Å². The van der Waals surface area contributed by atoms with Crippen molar-refractivity contribution >= 4 is 5.97 Å². The first-order valence-corrected chi connectivity index (χ1v) is 18.1. The molecule has 0 radical (unpaired) electrons. The molecule has 0 spiro atoms. The second-order valence-electron chi connectivity index (χ2n) is 13.0. The first-order chi connectivity index (χ1) is 21.6. The lowest BCUT2D eigenvalue weighted by Crippen LogP contribution is -2.32. The van der Waals surface area contributed by atoms with Gasteiger partial charge in [-0.3, -0.25) is 4.79 Å². The first-order valence-electron chi connectivity index (χ1n) is 18.1. The molecule has 0 heterocycles. The average Bonchev–Trinajstić information content (AvgIpc) is 3.00. The third-order valence-electron chi connectivity index (χ3n) is 8.39. The van der Waals surface area contributed by atoms with Crippen LogP contribution in [-0.2, 0) is 14.3 Å². The molecule has 10 nitrogen and oxygen atoms in total. The Hall–Kier alpha value is -0.850. The Labute approximate surface area is 273 Å². The highest BCUT2D eigenvalue weighted by molar-refractivity contribution is 5.70. The molecule has 0 saturated carbocycles. The molecule has 0 aromatic rings. The summed E-state index contributed by atoms with van der Waals surface area (Å²) in [5, 5.41) is 68.1. The van der Waals surface area contributed by atoms with Crippen molar-refractivity contribution in [1.29, 1.82) is 0 Å². The van der Waals surface area contributed by atoms with Gasteiger partial charge in [0.1, 0.15) is 12.2 Å². The van der Waals surface area contributed by atoms with Crippen LogP contribution in [-0.4, -0.2) is 104 Å². The van der Waals surface area contributed by atoms with Crippen molar-refractivity contribution < 1.29 is 50.0 Å². The van der Waals surface area contributed by atoms with Crippen molar-refractivity contribution in [3.63, 3.8) is 0 Å². The summed E-state index contributed by atoms with van der Waals surface area (Å²) in [5.74, 6) is -0.303. The number of rotatable bonds is 33. The second kappa shape index (κ2) is 30.5. The van der Waals surface area contributed by atoms with Gasteiger partial charge in [0.25, 0.3) is 0 Å². The first kappa shape index (κ1) is 44.1. The van der Waals surface area contributed by atoms with E-state index in [2.05, 4.69) is 6.92 Å². The summed E-state index contributed by atoms with van der Waals surface area (Å²) in [6, 6.07) is 0. The van der Waals surface area contributed by atoms with Gasteiger partial charge >= 0.3 is 5.97 Å². The number of carbonyl (C=O) groups excluding carboxylic acids is 1. The van der Waals surface area contributed by atoms with Crippen LogP contribution in [0.3, 0.4) is 0 Å². The van der Waals surface area contributed by atoms with E-state index in [4.69, 9.17) is 14.6 Å². The smallest absolute Gasteiger partial charge is 0.308 e. The number of aliphatic hydroxyl groups excluding tert-OH is 7. The lowest BCUT2D eigenvalue weighted by molar-refractivity contribution is -0.151. The molecule has 0 aliphatic rings. The van der Waals surface area contributed by atoms with Crippen LogP contribution in [0.1, 0.15) is 155 Å². The van der Waals surface area contributed by atoms with Crippen molar-refractivity contribution in [3.8, 4) is 0 Å². The standard InChI is InChI=1S/C35H70O10/c1-3-4-5-6-9-12-15-18-30(45-35(43)25-28(2)37)19-16-13-10-7-8-11-14-17-20-31(39)32(40)21-22-33(41)34(42)23-24-44-27-29(38)26-36/h28-34,36-42H,3-27H2,1-2H3/t28-,29+,30+,31-,32+,33-,34+/m0/s1. The van der Waals surface area contributed by atoms with Crippen LogP contribution in [0.15, 0.2) is 0 Å². The normalized spacial score (nSPS) is 16.6. The Bertz CT molecular complexity index is 650. The Morgan fingerprint density at radius 3 is 1.47 bits per heavy atom. The van der Waals surface area contributed by atoms with Gasteiger partial charge in [0.05, 0.1) is 50.2 Å². The molecule has 0 aromatic heterocycles. The summed E-state index contributed by atoms with van der Waals surface area (Å²) >= 11 is 0. The number of ether oxygens (including phenoxy) is 2. The van der Waals surface area contributed by atoms with Crippen LogP contribution in [0.5, 0.6) is 0 Å². The van der Waals surface area contributed by atoms with E-state index in [1.165, 1.54) is 38.5 Å². The summed E-state index contributed by atoms with van der Waals surface area (Å²) in [6.45, 7) is 3.51. The fourth-order valence-electron chi connectivity index (χ4n) is 5.44. The third-order valence-corrected chi connectivity index (χ3v) is 8.39. The van der Waals surface area contributed by atoms with E-state index in [9.17, 15) is 35.4 Å². The highest BCUT2D eigenvalue weighted by Gasteiger charge is 2.21. The maximum atomic E-state index is 12.1. The molecule has 0 amide bonds. The summed E-state index contributed by atoms with van der Waals surface area (Å²) in [5.41, 5.74) is 0. The van der Waals surface area contributed by atoms with Gasteiger partial charge in [-0.05, 0) is 58.3 Å². The molecular weight excluding hydrogens is 580 g/mol. The zero-order valence-electron chi connectivity index (χ0n) is 28.6. The minimum absolute atomic E-state index is 0.0449. The highest BCUT2D eigenvalue weighted by Crippen LogP contribution is 2.19. The number of esters is 1. The number of aliphatic hydroxyl groups is 7. The zero-order valence-corrected chi connectivity index (χ0v) is 28.6. The zero-order chi connectivity index (χ0) is 33.7. The van der Waals surface area contributed by atoms with E-state index < -0.39 is 43.2 Å². The van der Waals surface area contributed by atoms with Crippen molar-refractivity contribution in [2.75, 3.05) is 19.8 Å². The van der Waals surface area contributed by atoms with Gasteiger partial charge < -0.3 is 45.2 Å². The van der Waals surface area contributed by atoms with Crippen molar-refractivity contribution in [2.24, 2.45) is 0 Å². The average molecular weight is 651 g/mol. The topological polar surface area (TPSA) is 177 Å². The van der Waals surface area contributed by atoms with E-state index in [1.807, 2.05) is 0 Å². The SMILES string of the molecule is CCCCCCCCC[C@H](CCCCCCCCCC[C@H](O)[C@H](O)CC[C@H](O)[C@H](O)CCOC[C@H](O)CO)OC(=O)C[C@H](C)O. The summed E-state index contributed by atoms with van der Waals surface area (Å²) < 4.78 is 10.8. The molecule has 0 unspecified atom stereocenters. The molecule has 0 saturated heterocycles. The Morgan fingerprint density at radius 2 is 1.00 bits per heavy atom. The molecule has 0 aliphatic carbocycles. The monoisotopic (exact) mass is 650 g/mol. The second-order valence-corrected chi connectivity index (χ2v) is 13.0. The van der Waals surface area contributed by atoms with Crippen LogP contribution < -0.4 is 0 Å². The van der Waals surface area contributed by atoms with Crippen molar-refractivity contribution in [2.45, 2.75) is 198 Å². The quantitative estimate of drug-likeness (QED) is 0.0389. The Balaban J connectivity index is 3.95. The minimum Gasteiger partial charge on any atom is -0.462 e. The summed E-state index contributed by atoms with van der Waals surface area (Å²) in [7, 11) is 0. The van der Waals surface area contributed by atoms with Crippen LogP contribution in [0, 0.1) is 0 Å². The summed E-state index contributed by atoms with van der Waals surface area (Å²) in [6.07, 6.45) is 14.3. The number of hydrogen-bond acceptors (Lipinski definition) is 10. The van der Waals surface area contributed by atoms with E-state index in [0.29, 0.717) is 6.42 Å². The molecule has 7 N–H and O–H groups in total. The maximum Gasteiger partial charge on any atom is 0.308 e. The third kappa shape index (κ3) is 27.9. The fraction of sp³-hybridized carbons (Fsp3) is 0.971. The van der Waals surface area contributed by atoms with E-state index in [0.717, 1.165) is 70.6 Å².